The lowest BCUT2D eigenvalue weighted by Gasteiger charge is -2.09. The van der Waals surface area contributed by atoms with E-state index in [1.165, 1.54) is 24.5 Å². The third kappa shape index (κ3) is 5.23. The van der Waals surface area contributed by atoms with Gasteiger partial charge in [0.1, 0.15) is 11.4 Å². The molecule has 0 spiro atoms. The van der Waals surface area contributed by atoms with E-state index in [0.29, 0.717) is 22.4 Å². The summed E-state index contributed by atoms with van der Waals surface area (Å²) in [6, 6.07) is 16.5. The number of halogens is 2. The first-order chi connectivity index (χ1) is 16.4. The summed E-state index contributed by atoms with van der Waals surface area (Å²) in [6.45, 7) is -3.72. The molecular formula is C24H16F2N2O6. The summed E-state index contributed by atoms with van der Waals surface area (Å²) in [5.41, 5.74) is 1.15. The Kier molecular flexibility index (Phi) is 6.58. The van der Waals surface area contributed by atoms with Gasteiger partial charge in [0.25, 0.3) is 11.8 Å². The Labute approximate surface area is 191 Å². The highest BCUT2D eigenvalue weighted by molar-refractivity contribution is 6.07. The molecule has 172 valence electrons. The highest BCUT2D eigenvalue weighted by Gasteiger charge is 2.18. The number of hydrogen-bond donors (Lipinski definition) is 1. The Hall–Kier alpha value is -4.60. The number of rotatable bonds is 7. The van der Waals surface area contributed by atoms with E-state index in [2.05, 4.69) is 15.0 Å². The van der Waals surface area contributed by atoms with Crippen LogP contribution in [0.25, 0.3) is 22.4 Å². The zero-order valence-electron chi connectivity index (χ0n) is 17.4. The van der Waals surface area contributed by atoms with Crippen molar-refractivity contribution in [3.63, 3.8) is 0 Å². The van der Waals surface area contributed by atoms with E-state index in [0.717, 1.165) is 12.1 Å². The molecule has 2 amide bonds. The molecule has 34 heavy (non-hydrogen) atoms. The van der Waals surface area contributed by atoms with E-state index in [-0.39, 0.29) is 16.9 Å². The number of esters is 1. The summed E-state index contributed by atoms with van der Waals surface area (Å²) < 4.78 is 39.1. The third-order valence-corrected chi connectivity index (χ3v) is 4.64. The SMILES string of the molecule is O=C(COC(=O)c1cc(-c2ccco2)nc2ccccc12)NC(=O)c1ccc(OC(F)F)cc1. The second-order valence-electron chi connectivity index (χ2n) is 6.91. The fraction of sp³-hybridized carbons (Fsp3) is 0.0833. The molecular weight excluding hydrogens is 450 g/mol. The van der Waals surface area contributed by atoms with Crippen LogP contribution < -0.4 is 10.1 Å². The number of furan rings is 1. The van der Waals surface area contributed by atoms with E-state index in [9.17, 15) is 23.2 Å². The molecule has 0 aliphatic carbocycles. The number of amides is 2. The summed E-state index contributed by atoms with van der Waals surface area (Å²) in [5.74, 6) is -2.13. The number of carbonyl (C=O) groups excluding carboxylic acids is 3. The number of benzene rings is 2. The van der Waals surface area contributed by atoms with Gasteiger partial charge < -0.3 is 13.9 Å². The number of nitrogens with zero attached hydrogens (tertiary/aromatic N) is 1. The topological polar surface area (TPSA) is 108 Å². The molecule has 0 atom stereocenters. The lowest BCUT2D eigenvalue weighted by atomic mass is 10.1. The minimum absolute atomic E-state index is 0.0320. The van der Waals surface area contributed by atoms with Crippen LogP contribution in [0.3, 0.4) is 0 Å². The minimum atomic E-state index is -3.00. The van der Waals surface area contributed by atoms with Gasteiger partial charge in [-0.05, 0) is 48.5 Å². The van der Waals surface area contributed by atoms with Gasteiger partial charge in [0.05, 0.1) is 17.3 Å². The van der Waals surface area contributed by atoms with Crippen molar-refractivity contribution in [2.75, 3.05) is 6.61 Å². The van der Waals surface area contributed by atoms with Crippen molar-refractivity contribution in [2.45, 2.75) is 6.61 Å². The van der Waals surface area contributed by atoms with Crippen LogP contribution in [-0.4, -0.2) is 36.0 Å². The van der Waals surface area contributed by atoms with Crippen molar-refractivity contribution in [1.82, 2.24) is 10.3 Å². The van der Waals surface area contributed by atoms with Gasteiger partial charge >= 0.3 is 12.6 Å². The zero-order valence-corrected chi connectivity index (χ0v) is 17.4. The monoisotopic (exact) mass is 466 g/mol. The lowest BCUT2D eigenvalue weighted by molar-refractivity contribution is -0.123. The largest absolute Gasteiger partial charge is 0.463 e. The number of para-hydroxylation sites is 1. The molecule has 8 nitrogen and oxygen atoms in total. The quantitative estimate of drug-likeness (QED) is 0.407. The smallest absolute Gasteiger partial charge is 0.387 e. The van der Waals surface area contributed by atoms with Gasteiger partial charge in [0, 0.05) is 10.9 Å². The van der Waals surface area contributed by atoms with Gasteiger partial charge in [-0.15, -0.1) is 0 Å². The molecule has 0 aliphatic rings. The molecule has 0 saturated carbocycles. The predicted octanol–water partition coefficient (Wildman–Crippen LogP) is 4.21. The number of pyridine rings is 1. The van der Waals surface area contributed by atoms with Crippen LogP contribution in [0.1, 0.15) is 20.7 Å². The Bertz CT molecular complexity index is 1340. The number of ether oxygens (including phenoxy) is 2. The van der Waals surface area contributed by atoms with Crippen molar-refractivity contribution >= 4 is 28.7 Å². The molecule has 2 heterocycles. The number of fused-ring (bicyclic) bond motifs is 1. The minimum Gasteiger partial charge on any atom is -0.463 e. The van der Waals surface area contributed by atoms with Crippen molar-refractivity contribution in [3.05, 3.63) is 84.1 Å². The molecule has 4 rings (SSSR count). The molecule has 4 aromatic rings. The summed E-state index contributed by atoms with van der Waals surface area (Å²) in [5, 5.41) is 2.58. The number of hydrogen-bond acceptors (Lipinski definition) is 7. The highest BCUT2D eigenvalue weighted by atomic mass is 19.3. The number of carbonyl (C=O) groups is 3. The third-order valence-electron chi connectivity index (χ3n) is 4.64. The van der Waals surface area contributed by atoms with Crippen LogP contribution in [0.4, 0.5) is 8.78 Å². The van der Waals surface area contributed by atoms with Crippen molar-refractivity contribution in [3.8, 4) is 17.2 Å². The highest BCUT2D eigenvalue weighted by Crippen LogP contribution is 2.25. The summed E-state index contributed by atoms with van der Waals surface area (Å²) >= 11 is 0. The number of nitrogens with one attached hydrogen (secondary N) is 1. The van der Waals surface area contributed by atoms with Gasteiger partial charge in [-0.1, -0.05) is 18.2 Å². The summed E-state index contributed by atoms with van der Waals surface area (Å²) in [6.07, 6.45) is 1.48. The second-order valence-corrected chi connectivity index (χ2v) is 6.91. The number of aromatic nitrogens is 1. The van der Waals surface area contributed by atoms with Gasteiger partial charge in [-0.25, -0.2) is 9.78 Å². The molecule has 0 fully saturated rings. The van der Waals surface area contributed by atoms with Crippen molar-refractivity contribution < 1.29 is 37.1 Å². The van der Waals surface area contributed by atoms with Crippen LogP contribution >= 0.6 is 0 Å². The predicted molar refractivity (Wildman–Crippen MR) is 115 cm³/mol. The van der Waals surface area contributed by atoms with Crippen LogP contribution in [0.15, 0.2) is 77.4 Å². The Morgan fingerprint density at radius 2 is 1.76 bits per heavy atom. The van der Waals surface area contributed by atoms with Gasteiger partial charge in [-0.3, -0.25) is 14.9 Å². The maximum absolute atomic E-state index is 12.7. The Balaban J connectivity index is 1.42. The Morgan fingerprint density at radius 3 is 2.47 bits per heavy atom. The first-order valence-corrected chi connectivity index (χ1v) is 9.90. The van der Waals surface area contributed by atoms with E-state index in [1.54, 1.807) is 36.4 Å². The molecule has 0 bridgehead atoms. The second kappa shape index (κ2) is 9.90. The van der Waals surface area contributed by atoms with Gasteiger partial charge in [-0.2, -0.15) is 8.78 Å². The first kappa shape index (κ1) is 22.6. The molecule has 2 aromatic heterocycles. The average molecular weight is 466 g/mol. The van der Waals surface area contributed by atoms with E-state index in [1.807, 2.05) is 0 Å². The van der Waals surface area contributed by atoms with E-state index in [4.69, 9.17) is 9.15 Å². The summed E-state index contributed by atoms with van der Waals surface area (Å²) in [7, 11) is 0. The molecule has 1 N–H and O–H groups in total. The molecule has 0 aliphatic heterocycles. The van der Waals surface area contributed by atoms with Crippen LogP contribution in [0, 0.1) is 0 Å². The Morgan fingerprint density at radius 1 is 1.00 bits per heavy atom. The molecule has 0 saturated heterocycles. The molecule has 10 heteroatoms. The van der Waals surface area contributed by atoms with Gasteiger partial charge in [0.15, 0.2) is 12.4 Å². The summed E-state index contributed by atoms with van der Waals surface area (Å²) in [4.78, 5) is 41.5. The molecule has 2 aromatic carbocycles. The fourth-order valence-corrected chi connectivity index (χ4v) is 3.13. The molecule has 0 radical (unpaired) electrons. The maximum atomic E-state index is 12.7. The lowest BCUT2D eigenvalue weighted by Crippen LogP contribution is -2.34. The van der Waals surface area contributed by atoms with Crippen LogP contribution in [-0.2, 0) is 9.53 Å². The van der Waals surface area contributed by atoms with Crippen molar-refractivity contribution in [2.24, 2.45) is 0 Å². The van der Waals surface area contributed by atoms with E-state index < -0.39 is 31.0 Å². The fourth-order valence-electron chi connectivity index (χ4n) is 3.13. The average Bonchev–Trinajstić information content (AvgIpc) is 3.37. The van der Waals surface area contributed by atoms with Crippen LogP contribution in [0.2, 0.25) is 0 Å². The zero-order chi connectivity index (χ0) is 24.1. The first-order valence-electron chi connectivity index (χ1n) is 9.90. The number of alkyl halides is 2. The maximum Gasteiger partial charge on any atom is 0.387 e. The molecule has 0 unspecified atom stereocenters. The van der Waals surface area contributed by atoms with E-state index >= 15 is 0 Å². The number of imide groups is 1. The van der Waals surface area contributed by atoms with Gasteiger partial charge in [0.2, 0.25) is 0 Å². The van der Waals surface area contributed by atoms with Crippen molar-refractivity contribution in [1.29, 1.82) is 0 Å². The van der Waals surface area contributed by atoms with Crippen LogP contribution in [0.5, 0.6) is 5.75 Å². The normalized spacial score (nSPS) is 10.8. The standard InChI is InChI=1S/C24H16F2N2O6/c25-24(26)34-15-9-7-14(8-10-15)22(30)28-21(29)13-33-23(31)17-12-19(20-6-3-11-32-20)27-18-5-2-1-4-16(17)18/h1-12,24H,13H2,(H,28,29,30).